The molecule has 1 fully saturated rings. The molecule has 1 aromatic rings. The van der Waals surface area contributed by atoms with Gasteiger partial charge in [0.05, 0.1) is 0 Å². The van der Waals surface area contributed by atoms with Crippen molar-refractivity contribution in [3.05, 3.63) is 24.0 Å². The molecule has 0 spiro atoms. The van der Waals surface area contributed by atoms with Crippen molar-refractivity contribution < 1.29 is 0 Å². The normalized spacial score (nSPS) is 24.6. The minimum atomic E-state index is 0.531. The molecule has 108 valence electrons. The maximum Gasteiger partial charge on any atom is 0.0361 e. The summed E-state index contributed by atoms with van der Waals surface area (Å²) in [5.74, 6) is 0.922. The van der Waals surface area contributed by atoms with Gasteiger partial charge in [-0.25, -0.2) is 0 Å². The van der Waals surface area contributed by atoms with Crippen LogP contribution in [0.5, 0.6) is 0 Å². The van der Waals surface area contributed by atoms with Crippen molar-refractivity contribution in [2.24, 2.45) is 18.4 Å². The molecule has 2 rings (SSSR count). The standard InChI is InChI=1S/C17H30N2/c1-5-17(2,3)14-8-10-15(11-9-14)18-13-16-7-6-12-19(16)4/h6-7,12,14-15,18H,5,8-11,13H2,1-4H3. The summed E-state index contributed by atoms with van der Waals surface area (Å²) in [5.41, 5.74) is 1.92. The van der Waals surface area contributed by atoms with E-state index in [1.165, 1.54) is 37.8 Å². The van der Waals surface area contributed by atoms with E-state index in [-0.39, 0.29) is 0 Å². The van der Waals surface area contributed by atoms with Crippen molar-refractivity contribution in [2.75, 3.05) is 0 Å². The molecule has 1 aromatic heterocycles. The third-order valence-electron chi connectivity index (χ3n) is 5.37. The Hall–Kier alpha value is -0.760. The SMILES string of the molecule is CCC(C)(C)C1CCC(NCc2cccn2C)CC1. The van der Waals surface area contributed by atoms with E-state index < -0.39 is 0 Å². The quantitative estimate of drug-likeness (QED) is 0.845. The molecule has 0 atom stereocenters. The lowest BCUT2D eigenvalue weighted by molar-refractivity contribution is 0.136. The Labute approximate surface area is 118 Å². The molecule has 19 heavy (non-hydrogen) atoms. The van der Waals surface area contributed by atoms with Gasteiger partial charge in [0.15, 0.2) is 0 Å². The highest BCUT2D eigenvalue weighted by molar-refractivity contribution is 5.06. The Morgan fingerprint density at radius 1 is 1.26 bits per heavy atom. The zero-order valence-corrected chi connectivity index (χ0v) is 13.1. The first kappa shape index (κ1) is 14.6. The van der Waals surface area contributed by atoms with Crippen molar-refractivity contribution in [2.45, 2.75) is 65.5 Å². The van der Waals surface area contributed by atoms with Gasteiger partial charge in [-0.05, 0) is 49.1 Å². The molecular formula is C17H30N2. The molecule has 0 bridgehead atoms. The fraction of sp³-hybridized carbons (Fsp3) is 0.765. The fourth-order valence-corrected chi connectivity index (χ4v) is 3.30. The summed E-state index contributed by atoms with van der Waals surface area (Å²) >= 11 is 0. The van der Waals surface area contributed by atoms with Gasteiger partial charge in [-0.2, -0.15) is 0 Å². The van der Waals surface area contributed by atoms with E-state index in [4.69, 9.17) is 0 Å². The third-order valence-corrected chi connectivity index (χ3v) is 5.37. The van der Waals surface area contributed by atoms with E-state index >= 15 is 0 Å². The highest BCUT2D eigenvalue weighted by Gasteiger charge is 2.31. The molecule has 0 aliphatic heterocycles. The Morgan fingerprint density at radius 3 is 2.47 bits per heavy atom. The summed E-state index contributed by atoms with van der Waals surface area (Å²) in [5, 5.41) is 3.73. The van der Waals surface area contributed by atoms with E-state index in [2.05, 4.69) is 56.0 Å². The number of aryl methyl sites for hydroxylation is 1. The lowest BCUT2D eigenvalue weighted by atomic mass is 9.69. The molecule has 0 aromatic carbocycles. The van der Waals surface area contributed by atoms with Gasteiger partial charge in [0.1, 0.15) is 0 Å². The van der Waals surface area contributed by atoms with E-state index in [0.29, 0.717) is 5.41 Å². The number of hydrogen-bond donors (Lipinski definition) is 1. The Kier molecular flexibility index (Phi) is 4.72. The molecular weight excluding hydrogens is 232 g/mol. The molecule has 1 aliphatic rings. The Balaban J connectivity index is 1.76. The lowest BCUT2D eigenvalue weighted by Gasteiger charge is -2.39. The van der Waals surface area contributed by atoms with Crippen molar-refractivity contribution in [1.82, 2.24) is 9.88 Å². The summed E-state index contributed by atoms with van der Waals surface area (Å²) < 4.78 is 2.21. The predicted molar refractivity (Wildman–Crippen MR) is 82.1 cm³/mol. The monoisotopic (exact) mass is 262 g/mol. The average Bonchev–Trinajstić information content (AvgIpc) is 2.82. The summed E-state index contributed by atoms with van der Waals surface area (Å²) in [6.45, 7) is 8.22. The van der Waals surface area contributed by atoms with E-state index in [1.807, 2.05) is 0 Å². The Morgan fingerprint density at radius 2 is 1.95 bits per heavy atom. The van der Waals surface area contributed by atoms with Crippen molar-refractivity contribution in [3.63, 3.8) is 0 Å². The van der Waals surface area contributed by atoms with Crippen LogP contribution in [0.2, 0.25) is 0 Å². The van der Waals surface area contributed by atoms with Crippen LogP contribution in [0.15, 0.2) is 18.3 Å². The van der Waals surface area contributed by atoms with Gasteiger partial charge < -0.3 is 9.88 Å². The van der Waals surface area contributed by atoms with Crippen molar-refractivity contribution in [1.29, 1.82) is 0 Å². The smallest absolute Gasteiger partial charge is 0.0361 e. The molecule has 0 radical (unpaired) electrons. The second kappa shape index (κ2) is 6.13. The first-order valence-corrected chi connectivity index (χ1v) is 7.86. The minimum Gasteiger partial charge on any atom is -0.353 e. The van der Waals surface area contributed by atoms with Crippen LogP contribution < -0.4 is 5.32 Å². The van der Waals surface area contributed by atoms with Crippen LogP contribution in [0.1, 0.15) is 58.6 Å². The number of nitrogens with one attached hydrogen (secondary N) is 1. The summed E-state index contributed by atoms with van der Waals surface area (Å²) in [6.07, 6.45) is 8.91. The predicted octanol–water partition coefficient (Wildman–Crippen LogP) is 4.11. The first-order valence-electron chi connectivity index (χ1n) is 7.86. The molecule has 1 N–H and O–H groups in total. The molecule has 0 unspecified atom stereocenters. The second-order valence-corrected chi connectivity index (χ2v) is 6.88. The molecule has 1 heterocycles. The van der Waals surface area contributed by atoms with Crippen LogP contribution in [0.4, 0.5) is 0 Å². The third kappa shape index (κ3) is 3.62. The van der Waals surface area contributed by atoms with Gasteiger partial charge in [0, 0.05) is 31.5 Å². The Bertz CT molecular complexity index is 384. The van der Waals surface area contributed by atoms with Crippen LogP contribution in [-0.2, 0) is 13.6 Å². The largest absolute Gasteiger partial charge is 0.353 e. The molecule has 2 nitrogen and oxygen atoms in total. The van der Waals surface area contributed by atoms with Gasteiger partial charge in [-0.15, -0.1) is 0 Å². The molecule has 2 heteroatoms. The van der Waals surface area contributed by atoms with Gasteiger partial charge in [-0.1, -0.05) is 27.2 Å². The average molecular weight is 262 g/mol. The maximum atomic E-state index is 3.73. The molecule has 1 saturated carbocycles. The molecule has 0 amide bonds. The van der Waals surface area contributed by atoms with Crippen LogP contribution in [0.3, 0.4) is 0 Å². The van der Waals surface area contributed by atoms with Gasteiger partial charge in [0.25, 0.3) is 0 Å². The van der Waals surface area contributed by atoms with Crippen molar-refractivity contribution >= 4 is 0 Å². The van der Waals surface area contributed by atoms with Crippen molar-refractivity contribution in [3.8, 4) is 0 Å². The fourth-order valence-electron chi connectivity index (χ4n) is 3.30. The zero-order chi connectivity index (χ0) is 13.9. The first-order chi connectivity index (χ1) is 9.03. The van der Waals surface area contributed by atoms with E-state index in [0.717, 1.165) is 18.5 Å². The molecule has 1 aliphatic carbocycles. The summed E-state index contributed by atoms with van der Waals surface area (Å²) in [6, 6.07) is 5.05. The number of rotatable bonds is 5. The van der Waals surface area contributed by atoms with Gasteiger partial charge in [0.2, 0.25) is 0 Å². The van der Waals surface area contributed by atoms with Crippen LogP contribution in [0.25, 0.3) is 0 Å². The number of aromatic nitrogens is 1. The summed E-state index contributed by atoms with van der Waals surface area (Å²) in [4.78, 5) is 0. The highest BCUT2D eigenvalue weighted by Crippen LogP contribution is 2.40. The van der Waals surface area contributed by atoms with Crippen LogP contribution in [-0.4, -0.2) is 10.6 Å². The lowest BCUT2D eigenvalue weighted by Crippen LogP contribution is -2.36. The van der Waals surface area contributed by atoms with Crippen LogP contribution >= 0.6 is 0 Å². The topological polar surface area (TPSA) is 17.0 Å². The van der Waals surface area contributed by atoms with Crippen LogP contribution in [0, 0.1) is 11.3 Å². The number of nitrogens with zero attached hydrogens (tertiary/aromatic N) is 1. The minimum absolute atomic E-state index is 0.531. The summed E-state index contributed by atoms with van der Waals surface area (Å²) in [7, 11) is 2.12. The van der Waals surface area contributed by atoms with Gasteiger partial charge in [-0.3, -0.25) is 0 Å². The second-order valence-electron chi connectivity index (χ2n) is 6.88. The van der Waals surface area contributed by atoms with Gasteiger partial charge >= 0.3 is 0 Å². The van der Waals surface area contributed by atoms with E-state index in [1.54, 1.807) is 0 Å². The number of hydrogen-bond acceptors (Lipinski definition) is 1. The van der Waals surface area contributed by atoms with E-state index in [9.17, 15) is 0 Å². The highest BCUT2D eigenvalue weighted by atomic mass is 15.0. The maximum absolute atomic E-state index is 3.73. The zero-order valence-electron chi connectivity index (χ0n) is 13.1. The molecule has 0 saturated heterocycles.